The second kappa shape index (κ2) is 4.75. The normalized spacial score (nSPS) is 25.2. The van der Waals surface area contributed by atoms with Gasteiger partial charge in [-0.05, 0) is 33.6 Å². The van der Waals surface area contributed by atoms with Gasteiger partial charge in [-0.1, -0.05) is 0 Å². The van der Waals surface area contributed by atoms with Crippen molar-refractivity contribution >= 4 is 17.8 Å². The summed E-state index contributed by atoms with van der Waals surface area (Å²) in [5.41, 5.74) is -0.999. The number of hydrogen-bond acceptors (Lipinski definition) is 4. The van der Waals surface area contributed by atoms with Crippen molar-refractivity contribution < 1.29 is 24.2 Å². The molecule has 0 aromatic heterocycles. The van der Waals surface area contributed by atoms with Crippen molar-refractivity contribution in [1.82, 2.24) is 4.90 Å². The minimum atomic E-state index is -0.945. The third-order valence-corrected chi connectivity index (χ3v) is 4.13. The van der Waals surface area contributed by atoms with Crippen molar-refractivity contribution in [3.63, 3.8) is 0 Å². The van der Waals surface area contributed by atoms with E-state index in [-0.39, 0.29) is 11.2 Å². The van der Waals surface area contributed by atoms with Crippen LogP contribution in [0.3, 0.4) is 0 Å². The average Bonchev–Trinajstić information content (AvgIpc) is 2.25. The smallest absolute Gasteiger partial charge is 0.407 e. The first-order valence-electron chi connectivity index (χ1n) is 6.88. The predicted octanol–water partition coefficient (Wildman–Crippen LogP) is 1.68. The van der Waals surface area contributed by atoms with Gasteiger partial charge in [0.2, 0.25) is 0 Å². The van der Waals surface area contributed by atoms with Crippen LogP contribution in [-0.4, -0.2) is 46.5 Å². The summed E-state index contributed by atoms with van der Waals surface area (Å²) in [6.07, 6.45) is 0.521. The molecule has 20 heavy (non-hydrogen) atoms. The number of ketones is 1. The van der Waals surface area contributed by atoms with E-state index in [1.165, 1.54) is 4.90 Å². The van der Waals surface area contributed by atoms with Crippen LogP contribution in [0.15, 0.2) is 0 Å². The summed E-state index contributed by atoms with van der Waals surface area (Å²) in [5.74, 6) is -1.25. The van der Waals surface area contributed by atoms with Crippen LogP contribution in [0.25, 0.3) is 0 Å². The zero-order valence-corrected chi connectivity index (χ0v) is 12.1. The maximum absolute atomic E-state index is 12.2. The Hall–Kier alpha value is -1.59. The minimum Gasteiger partial charge on any atom is -0.465 e. The zero-order chi connectivity index (χ0) is 15.1. The number of carbonyl (C=O) groups excluding carboxylic acids is 2. The predicted molar refractivity (Wildman–Crippen MR) is 70.2 cm³/mol. The van der Waals surface area contributed by atoms with Crippen LogP contribution >= 0.6 is 0 Å². The van der Waals surface area contributed by atoms with Crippen molar-refractivity contribution in [2.24, 2.45) is 11.3 Å². The van der Waals surface area contributed by atoms with Gasteiger partial charge in [0.15, 0.2) is 0 Å². The molecule has 0 radical (unpaired) electrons. The fourth-order valence-corrected chi connectivity index (χ4v) is 3.11. The molecule has 112 valence electrons. The van der Waals surface area contributed by atoms with Gasteiger partial charge in [-0.15, -0.1) is 0 Å². The van der Waals surface area contributed by atoms with Crippen molar-refractivity contribution in [3.05, 3.63) is 0 Å². The Morgan fingerprint density at radius 2 is 1.85 bits per heavy atom. The summed E-state index contributed by atoms with van der Waals surface area (Å²) in [6.45, 7) is 6.07. The number of rotatable bonds is 1. The van der Waals surface area contributed by atoms with Gasteiger partial charge in [0.05, 0.1) is 0 Å². The Morgan fingerprint density at radius 3 is 2.25 bits per heavy atom. The lowest BCUT2D eigenvalue weighted by Gasteiger charge is -2.51. The number of carbonyl (C=O) groups is 3. The van der Waals surface area contributed by atoms with E-state index in [4.69, 9.17) is 9.84 Å². The van der Waals surface area contributed by atoms with Crippen LogP contribution in [0.1, 0.15) is 40.0 Å². The number of esters is 1. The van der Waals surface area contributed by atoms with E-state index < -0.39 is 23.6 Å². The van der Waals surface area contributed by atoms with Crippen LogP contribution < -0.4 is 0 Å². The quantitative estimate of drug-likeness (QED) is 0.584. The Balaban J connectivity index is 2.05. The van der Waals surface area contributed by atoms with E-state index in [1.807, 2.05) is 0 Å². The number of Topliss-reactive ketones (excluding diaryl/α,β-unsaturated/α-hetero) is 1. The van der Waals surface area contributed by atoms with E-state index in [2.05, 4.69) is 0 Å². The van der Waals surface area contributed by atoms with Crippen molar-refractivity contribution in [1.29, 1.82) is 0 Å². The van der Waals surface area contributed by atoms with E-state index in [0.29, 0.717) is 32.4 Å². The molecule has 2 rings (SSSR count). The topological polar surface area (TPSA) is 83.9 Å². The van der Waals surface area contributed by atoms with Crippen molar-refractivity contribution in [3.8, 4) is 0 Å². The Labute approximate surface area is 118 Å². The van der Waals surface area contributed by atoms with Crippen LogP contribution in [0.2, 0.25) is 0 Å². The molecule has 1 amide bonds. The Bertz CT molecular complexity index is 443. The largest absolute Gasteiger partial charge is 0.465 e. The van der Waals surface area contributed by atoms with Gasteiger partial charge in [0.1, 0.15) is 17.3 Å². The number of carboxylic acid groups (broad SMARTS) is 1. The lowest BCUT2D eigenvalue weighted by Crippen LogP contribution is -2.58. The van der Waals surface area contributed by atoms with Gasteiger partial charge in [0.25, 0.3) is 0 Å². The second-order valence-corrected chi connectivity index (χ2v) is 6.74. The van der Waals surface area contributed by atoms with E-state index in [9.17, 15) is 14.4 Å². The standard InChI is InChI=1S/C14H21NO5/c1-13(2,3)20-11(17)10-9(16)8-14(10)4-6-15(7-5-14)12(18)19/h10H,4-8H2,1-3H3,(H,18,19)/t10-/m1/s1. The van der Waals surface area contributed by atoms with Crippen LogP contribution in [0.4, 0.5) is 4.79 Å². The molecule has 0 aromatic rings. The summed E-state index contributed by atoms with van der Waals surface area (Å²) >= 11 is 0. The van der Waals surface area contributed by atoms with Crippen molar-refractivity contribution in [2.45, 2.75) is 45.6 Å². The van der Waals surface area contributed by atoms with Gasteiger partial charge in [-0.3, -0.25) is 9.59 Å². The van der Waals surface area contributed by atoms with Crippen LogP contribution in [0.5, 0.6) is 0 Å². The Kier molecular flexibility index (Phi) is 3.52. The summed E-state index contributed by atoms with van der Waals surface area (Å²) in [6, 6.07) is 0. The van der Waals surface area contributed by atoms with Gasteiger partial charge >= 0.3 is 12.1 Å². The molecule has 1 saturated heterocycles. The molecule has 1 spiro atoms. The highest BCUT2D eigenvalue weighted by molar-refractivity contribution is 6.05. The SMILES string of the molecule is CC(C)(C)OC(=O)[C@H]1C(=O)CC12CCN(C(=O)O)CC2. The molecule has 1 saturated carbocycles. The zero-order valence-electron chi connectivity index (χ0n) is 12.1. The summed E-state index contributed by atoms with van der Waals surface area (Å²) in [4.78, 5) is 36.2. The van der Waals surface area contributed by atoms with Gasteiger partial charge in [0, 0.05) is 24.9 Å². The fourth-order valence-electron chi connectivity index (χ4n) is 3.11. The third-order valence-electron chi connectivity index (χ3n) is 4.13. The summed E-state index contributed by atoms with van der Waals surface area (Å²) in [7, 11) is 0. The van der Waals surface area contributed by atoms with Crippen molar-refractivity contribution in [2.75, 3.05) is 13.1 Å². The molecule has 0 unspecified atom stereocenters. The molecule has 1 aliphatic carbocycles. The molecule has 1 atom stereocenters. The fraction of sp³-hybridized carbons (Fsp3) is 0.786. The number of piperidine rings is 1. The first kappa shape index (κ1) is 14.8. The molecule has 1 aliphatic heterocycles. The first-order chi connectivity index (χ1) is 9.15. The van der Waals surface area contributed by atoms with E-state index >= 15 is 0 Å². The number of hydrogen-bond donors (Lipinski definition) is 1. The lowest BCUT2D eigenvalue weighted by molar-refractivity contribution is -0.179. The Morgan fingerprint density at radius 1 is 1.30 bits per heavy atom. The minimum absolute atomic E-state index is 0.0805. The molecular formula is C14H21NO5. The number of likely N-dealkylation sites (tertiary alicyclic amines) is 1. The molecular weight excluding hydrogens is 262 g/mol. The lowest BCUT2D eigenvalue weighted by atomic mass is 9.54. The highest BCUT2D eigenvalue weighted by atomic mass is 16.6. The summed E-state index contributed by atoms with van der Waals surface area (Å²) < 4.78 is 5.32. The van der Waals surface area contributed by atoms with E-state index in [0.717, 1.165) is 0 Å². The molecule has 0 aromatic carbocycles. The van der Waals surface area contributed by atoms with Gasteiger partial charge < -0.3 is 14.7 Å². The maximum atomic E-state index is 12.2. The van der Waals surface area contributed by atoms with E-state index in [1.54, 1.807) is 20.8 Å². The molecule has 0 bridgehead atoms. The number of ether oxygens (including phenoxy) is 1. The van der Waals surface area contributed by atoms with Gasteiger partial charge in [-0.2, -0.15) is 0 Å². The highest BCUT2D eigenvalue weighted by Crippen LogP contribution is 2.52. The molecule has 6 heteroatoms. The molecule has 2 aliphatic rings. The maximum Gasteiger partial charge on any atom is 0.407 e. The van der Waals surface area contributed by atoms with Crippen LogP contribution in [0, 0.1) is 11.3 Å². The number of amides is 1. The van der Waals surface area contributed by atoms with Gasteiger partial charge in [-0.25, -0.2) is 4.79 Å². The third kappa shape index (κ3) is 2.64. The molecule has 2 fully saturated rings. The molecule has 6 nitrogen and oxygen atoms in total. The highest BCUT2D eigenvalue weighted by Gasteiger charge is 2.59. The number of nitrogens with zero attached hydrogens (tertiary/aromatic N) is 1. The average molecular weight is 283 g/mol. The summed E-state index contributed by atoms with van der Waals surface area (Å²) in [5, 5.41) is 8.95. The molecule has 1 heterocycles. The van der Waals surface area contributed by atoms with Crippen LogP contribution in [-0.2, 0) is 14.3 Å². The second-order valence-electron chi connectivity index (χ2n) is 6.74. The monoisotopic (exact) mass is 283 g/mol. The first-order valence-corrected chi connectivity index (χ1v) is 6.88. The molecule has 1 N–H and O–H groups in total.